The highest BCUT2D eigenvalue weighted by molar-refractivity contribution is 14.0. The lowest BCUT2D eigenvalue weighted by Gasteiger charge is -2.10. The van der Waals surface area contributed by atoms with Gasteiger partial charge in [0.05, 0.1) is 13.2 Å². The molecule has 0 atom stereocenters. The summed E-state index contributed by atoms with van der Waals surface area (Å²) >= 11 is 1.76. The lowest BCUT2D eigenvalue weighted by atomic mass is 10.2. The molecule has 0 saturated heterocycles. The fourth-order valence-corrected chi connectivity index (χ4v) is 2.97. The minimum atomic E-state index is 0. The summed E-state index contributed by atoms with van der Waals surface area (Å²) in [6.45, 7) is 3.14. The second-order valence-corrected chi connectivity index (χ2v) is 7.14. The van der Waals surface area contributed by atoms with Crippen LogP contribution in [-0.2, 0) is 13.0 Å². The van der Waals surface area contributed by atoms with Gasteiger partial charge in [0.15, 0.2) is 5.96 Å². The number of hydrogen-bond donors (Lipinski definition) is 2. The van der Waals surface area contributed by atoms with Gasteiger partial charge in [-0.2, -0.15) is 0 Å². The second-order valence-electron chi connectivity index (χ2n) is 6.11. The maximum atomic E-state index is 5.91. The third kappa shape index (κ3) is 9.40. The predicted octanol–water partition coefficient (Wildman–Crippen LogP) is 3.34. The van der Waals surface area contributed by atoms with Gasteiger partial charge in [0.1, 0.15) is 5.75 Å². The van der Waals surface area contributed by atoms with Crippen molar-refractivity contribution in [3.8, 4) is 5.75 Å². The van der Waals surface area contributed by atoms with E-state index < -0.39 is 0 Å². The molecule has 0 aliphatic carbocycles. The van der Waals surface area contributed by atoms with Gasteiger partial charge in [-0.15, -0.1) is 35.3 Å². The summed E-state index contributed by atoms with van der Waals surface area (Å²) in [5, 5.41) is 5.24. The van der Waals surface area contributed by atoms with E-state index in [-0.39, 0.29) is 24.0 Å². The van der Waals surface area contributed by atoms with Crippen molar-refractivity contribution in [2.24, 2.45) is 10.7 Å². The van der Waals surface area contributed by atoms with Crippen molar-refractivity contribution in [2.75, 3.05) is 33.8 Å². The van der Waals surface area contributed by atoms with Crippen molar-refractivity contribution in [1.82, 2.24) is 10.2 Å². The first-order chi connectivity index (χ1) is 12.1. The molecule has 2 aromatic rings. The molecule has 0 amide bonds. The lowest BCUT2D eigenvalue weighted by Crippen LogP contribution is -2.33. The topological polar surface area (TPSA) is 62.9 Å². The Balaban J connectivity index is 0.00000338. The first-order valence-electron chi connectivity index (χ1n) is 8.56. The largest absolute Gasteiger partial charge is 0.494 e. The number of nitrogens with zero attached hydrogens (tertiary/aromatic N) is 2. The Morgan fingerprint density at radius 3 is 2.65 bits per heavy atom. The molecule has 0 saturated carbocycles. The van der Waals surface area contributed by atoms with Crippen LogP contribution in [0.1, 0.15) is 16.9 Å². The average molecular weight is 488 g/mol. The molecular weight excluding hydrogens is 459 g/mol. The minimum Gasteiger partial charge on any atom is -0.494 e. The lowest BCUT2D eigenvalue weighted by molar-refractivity contribution is 0.281. The van der Waals surface area contributed by atoms with E-state index in [0.29, 0.717) is 12.5 Å². The zero-order valence-corrected chi connectivity index (χ0v) is 18.6. The molecule has 5 nitrogen and oxygen atoms in total. The van der Waals surface area contributed by atoms with E-state index in [1.54, 1.807) is 11.3 Å². The number of aliphatic imine (C=N–C) groups is 1. The highest BCUT2D eigenvalue weighted by atomic mass is 127. The van der Waals surface area contributed by atoms with Crippen molar-refractivity contribution < 1.29 is 4.74 Å². The molecule has 26 heavy (non-hydrogen) atoms. The van der Waals surface area contributed by atoms with Crippen LogP contribution in [0.25, 0.3) is 0 Å². The van der Waals surface area contributed by atoms with E-state index >= 15 is 0 Å². The summed E-state index contributed by atoms with van der Waals surface area (Å²) in [6, 6.07) is 12.2. The Hall–Kier alpha value is -1.32. The number of thiophene rings is 1. The summed E-state index contributed by atoms with van der Waals surface area (Å²) in [5.74, 6) is 1.38. The van der Waals surface area contributed by atoms with Crippen molar-refractivity contribution >= 4 is 41.3 Å². The molecule has 1 heterocycles. The molecule has 1 aromatic heterocycles. The molecule has 0 aliphatic rings. The summed E-state index contributed by atoms with van der Waals surface area (Å²) in [4.78, 5) is 7.88. The van der Waals surface area contributed by atoms with Gasteiger partial charge in [-0.25, -0.2) is 4.99 Å². The van der Waals surface area contributed by atoms with Crippen LogP contribution in [0.2, 0.25) is 0 Å². The summed E-state index contributed by atoms with van der Waals surface area (Å²) < 4.78 is 5.73. The number of rotatable bonds is 10. The molecule has 0 bridgehead atoms. The Bertz CT molecular complexity index is 629. The molecule has 144 valence electrons. The minimum absolute atomic E-state index is 0. The van der Waals surface area contributed by atoms with Crippen LogP contribution in [0.4, 0.5) is 0 Å². The summed E-state index contributed by atoms with van der Waals surface area (Å²) in [7, 11) is 4.14. The van der Waals surface area contributed by atoms with E-state index in [2.05, 4.69) is 46.8 Å². The molecule has 0 spiro atoms. The Morgan fingerprint density at radius 1 is 1.23 bits per heavy atom. The van der Waals surface area contributed by atoms with Crippen LogP contribution in [0.3, 0.4) is 0 Å². The van der Waals surface area contributed by atoms with Crippen LogP contribution in [0.5, 0.6) is 5.75 Å². The molecule has 0 radical (unpaired) electrons. The van der Waals surface area contributed by atoms with Gasteiger partial charge >= 0.3 is 0 Å². The fraction of sp³-hybridized carbons (Fsp3) is 0.421. The first kappa shape index (κ1) is 22.7. The molecule has 0 unspecified atom stereocenters. The van der Waals surface area contributed by atoms with E-state index in [9.17, 15) is 0 Å². The van der Waals surface area contributed by atoms with Gasteiger partial charge in [-0.3, -0.25) is 0 Å². The van der Waals surface area contributed by atoms with E-state index in [4.69, 9.17) is 10.5 Å². The third-order valence-corrected chi connectivity index (χ3v) is 4.57. The van der Waals surface area contributed by atoms with Gasteiger partial charge in [-0.1, -0.05) is 18.2 Å². The molecule has 3 N–H and O–H groups in total. The second kappa shape index (κ2) is 12.9. The highest BCUT2D eigenvalue weighted by Gasteiger charge is 1.98. The fourth-order valence-electron chi connectivity index (χ4n) is 2.26. The SMILES string of the molecule is CN(C)CCCOc1ccc(CN=C(N)NCCc2cccs2)cc1.I. The van der Waals surface area contributed by atoms with Gasteiger partial charge in [0.25, 0.3) is 0 Å². The normalized spacial score (nSPS) is 11.3. The smallest absolute Gasteiger partial charge is 0.188 e. The Labute approximate surface area is 177 Å². The molecule has 7 heteroatoms. The van der Waals surface area contributed by atoms with Crippen molar-refractivity contribution in [3.05, 3.63) is 52.2 Å². The van der Waals surface area contributed by atoms with Crippen LogP contribution in [0, 0.1) is 0 Å². The molecule has 1 aromatic carbocycles. The monoisotopic (exact) mass is 488 g/mol. The summed E-state index contributed by atoms with van der Waals surface area (Å²) in [5.41, 5.74) is 7.02. The number of benzene rings is 1. The zero-order valence-electron chi connectivity index (χ0n) is 15.5. The zero-order chi connectivity index (χ0) is 17.9. The van der Waals surface area contributed by atoms with Crippen LogP contribution >= 0.6 is 35.3 Å². The number of halogens is 1. The maximum absolute atomic E-state index is 5.91. The van der Waals surface area contributed by atoms with Crippen LogP contribution in [-0.4, -0.2) is 44.7 Å². The highest BCUT2D eigenvalue weighted by Crippen LogP contribution is 2.13. The quantitative estimate of drug-likeness (QED) is 0.233. The van der Waals surface area contributed by atoms with Gasteiger partial charge in [0, 0.05) is 18.0 Å². The number of ether oxygens (including phenoxy) is 1. The predicted molar refractivity (Wildman–Crippen MR) is 122 cm³/mol. The third-order valence-electron chi connectivity index (χ3n) is 3.63. The molecule has 0 aliphatic heterocycles. The van der Waals surface area contributed by atoms with E-state index in [0.717, 1.165) is 43.9 Å². The molecule has 2 rings (SSSR count). The maximum Gasteiger partial charge on any atom is 0.188 e. The van der Waals surface area contributed by atoms with Crippen LogP contribution in [0.15, 0.2) is 46.8 Å². The standard InChI is InChI=1S/C19H28N4OS.HI/c1-23(2)12-4-13-24-17-8-6-16(7-9-17)15-22-19(20)21-11-10-18-5-3-14-25-18;/h3,5-9,14H,4,10-13,15H2,1-2H3,(H3,20,21,22);1H. The van der Waals surface area contributed by atoms with E-state index in [1.807, 2.05) is 24.3 Å². The summed E-state index contributed by atoms with van der Waals surface area (Å²) in [6.07, 6.45) is 1.99. The van der Waals surface area contributed by atoms with Crippen molar-refractivity contribution in [2.45, 2.75) is 19.4 Å². The molecule has 0 fully saturated rings. The van der Waals surface area contributed by atoms with Gasteiger partial charge in [-0.05, 0) is 56.1 Å². The number of guanidine groups is 1. The number of hydrogen-bond acceptors (Lipinski definition) is 4. The molecular formula is C19H29IN4OS. The van der Waals surface area contributed by atoms with Gasteiger partial charge in [0.2, 0.25) is 0 Å². The van der Waals surface area contributed by atoms with Crippen LogP contribution < -0.4 is 15.8 Å². The van der Waals surface area contributed by atoms with Crippen molar-refractivity contribution in [3.63, 3.8) is 0 Å². The van der Waals surface area contributed by atoms with E-state index in [1.165, 1.54) is 4.88 Å². The van der Waals surface area contributed by atoms with Crippen molar-refractivity contribution in [1.29, 1.82) is 0 Å². The number of nitrogens with two attached hydrogens (primary N) is 1. The number of nitrogens with one attached hydrogen (secondary N) is 1. The van der Waals surface area contributed by atoms with Gasteiger partial charge < -0.3 is 20.7 Å². The Morgan fingerprint density at radius 2 is 2.00 bits per heavy atom. The average Bonchev–Trinajstić information content (AvgIpc) is 3.11. The first-order valence-corrected chi connectivity index (χ1v) is 9.44. The Kier molecular flexibility index (Phi) is 11.3.